The minimum absolute atomic E-state index is 0.0534. The van der Waals surface area contributed by atoms with Gasteiger partial charge in [-0.05, 0) is 12.1 Å². The number of halogens is 2. The lowest BCUT2D eigenvalue weighted by molar-refractivity contribution is 0.484. The van der Waals surface area contributed by atoms with E-state index in [2.05, 4.69) is 14.8 Å². The maximum absolute atomic E-state index is 13.6. The fraction of sp³-hybridized carbons (Fsp3) is 0.273. The van der Waals surface area contributed by atoms with Gasteiger partial charge in [0.25, 0.3) is 0 Å². The molecule has 0 aliphatic carbocycles. The molecule has 10 heteroatoms. The molecule has 2 rings (SSSR count). The average molecular weight is 317 g/mol. The number of aryl methyl sites for hydroxylation is 1. The zero-order valence-electron chi connectivity index (χ0n) is 11.0. The fourth-order valence-electron chi connectivity index (χ4n) is 1.65. The lowest BCUT2D eigenvalue weighted by atomic mass is 10.3. The summed E-state index contributed by atoms with van der Waals surface area (Å²) >= 11 is 0. The molecule has 21 heavy (non-hydrogen) atoms. The first-order valence-corrected chi connectivity index (χ1v) is 7.36. The second-order valence-corrected chi connectivity index (χ2v) is 6.03. The topological polar surface area (TPSA) is 103 Å². The van der Waals surface area contributed by atoms with Crippen molar-refractivity contribution < 1.29 is 17.2 Å². The predicted molar refractivity (Wildman–Crippen MR) is 70.7 cm³/mol. The van der Waals surface area contributed by atoms with Crippen molar-refractivity contribution in [2.24, 2.45) is 7.05 Å². The molecule has 0 bridgehead atoms. The van der Waals surface area contributed by atoms with Gasteiger partial charge in [0.05, 0.1) is 0 Å². The Hall–Kier alpha value is -2.07. The molecule has 0 saturated heterocycles. The van der Waals surface area contributed by atoms with Crippen molar-refractivity contribution in [2.45, 2.75) is 11.3 Å². The zero-order chi connectivity index (χ0) is 15.6. The molecular formula is C11H13F2N5O2S. The Morgan fingerprint density at radius 1 is 1.38 bits per heavy atom. The fourth-order valence-corrected chi connectivity index (χ4v) is 2.80. The molecule has 7 nitrogen and oxygen atoms in total. The first-order valence-electron chi connectivity index (χ1n) is 5.88. The second-order valence-electron chi connectivity index (χ2n) is 4.30. The van der Waals surface area contributed by atoms with Gasteiger partial charge in [-0.3, -0.25) is 4.68 Å². The molecule has 114 valence electrons. The molecule has 0 fully saturated rings. The Morgan fingerprint density at radius 2 is 2.10 bits per heavy atom. The molecule has 0 amide bonds. The molecule has 0 aliphatic heterocycles. The number of nitrogen functional groups attached to an aromatic ring is 1. The smallest absolute Gasteiger partial charge is 0.243 e. The van der Waals surface area contributed by atoms with E-state index >= 15 is 0 Å². The van der Waals surface area contributed by atoms with Gasteiger partial charge in [0.15, 0.2) is 17.5 Å². The van der Waals surface area contributed by atoms with Gasteiger partial charge in [-0.25, -0.2) is 26.9 Å². The van der Waals surface area contributed by atoms with Crippen LogP contribution in [0.3, 0.4) is 0 Å². The van der Waals surface area contributed by atoms with E-state index in [0.717, 1.165) is 6.07 Å². The summed E-state index contributed by atoms with van der Waals surface area (Å²) in [7, 11) is -2.53. The summed E-state index contributed by atoms with van der Waals surface area (Å²) in [5, 5.41) is 3.97. The van der Waals surface area contributed by atoms with Crippen LogP contribution in [0, 0.1) is 11.6 Å². The minimum atomic E-state index is -4.21. The molecule has 1 heterocycles. The largest absolute Gasteiger partial charge is 0.399 e. The third-order valence-corrected chi connectivity index (χ3v) is 4.05. The van der Waals surface area contributed by atoms with E-state index in [4.69, 9.17) is 5.73 Å². The number of sulfonamides is 1. The van der Waals surface area contributed by atoms with Gasteiger partial charge in [0.1, 0.15) is 11.2 Å². The van der Waals surface area contributed by atoms with E-state index in [1.807, 2.05) is 0 Å². The van der Waals surface area contributed by atoms with E-state index in [1.165, 1.54) is 11.0 Å². The molecule has 0 atom stereocenters. The molecule has 0 spiro atoms. The number of aromatic nitrogens is 3. The van der Waals surface area contributed by atoms with Gasteiger partial charge in [-0.2, -0.15) is 5.10 Å². The van der Waals surface area contributed by atoms with Crippen LogP contribution in [0.25, 0.3) is 0 Å². The van der Waals surface area contributed by atoms with E-state index in [0.29, 0.717) is 11.9 Å². The number of hydrogen-bond donors (Lipinski definition) is 2. The summed E-state index contributed by atoms with van der Waals surface area (Å²) < 4.78 is 54.2. The molecule has 0 unspecified atom stereocenters. The Labute approximate surface area is 119 Å². The van der Waals surface area contributed by atoms with E-state index in [9.17, 15) is 17.2 Å². The van der Waals surface area contributed by atoms with Gasteiger partial charge in [-0.1, -0.05) is 0 Å². The lowest BCUT2D eigenvalue weighted by Gasteiger charge is -2.08. The summed E-state index contributed by atoms with van der Waals surface area (Å²) in [4.78, 5) is 3.09. The Bertz CT molecular complexity index is 760. The molecule has 2 aromatic rings. The van der Waals surface area contributed by atoms with Crippen LogP contribution in [0.15, 0.2) is 23.4 Å². The molecule has 0 aliphatic rings. The number of nitrogens with zero attached hydrogens (tertiary/aromatic N) is 3. The van der Waals surface area contributed by atoms with Crippen LogP contribution >= 0.6 is 0 Å². The maximum Gasteiger partial charge on any atom is 0.243 e. The van der Waals surface area contributed by atoms with Crippen molar-refractivity contribution in [3.63, 3.8) is 0 Å². The predicted octanol–water partition coefficient (Wildman–Crippen LogP) is 0.197. The summed E-state index contributed by atoms with van der Waals surface area (Å²) in [6.45, 7) is -0.0534. The molecule has 0 saturated carbocycles. The molecule has 1 aromatic carbocycles. The Kier molecular flexibility index (Phi) is 4.19. The lowest BCUT2D eigenvalue weighted by Crippen LogP contribution is -2.27. The minimum Gasteiger partial charge on any atom is -0.399 e. The number of benzene rings is 1. The van der Waals surface area contributed by atoms with Gasteiger partial charge in [-0.15, -0.1) is 0 Å². The summed E-state index contributed by atoms with van der Waals surface area (Å²) in [6, 6.07) is 1.58. The highest BCUT2D eigenvalue weighted by Crippen LogP contribution is 2.20. The number of anilines is 1. The first-order chi connectivity index (χ1) is 9.79. The van der Waals surface area contributed by atoms with Gasteiger partial charge in [0, 0.05) is 25.7 Å². The van der Waals surface area contributed by atoms with E-state index in [1.54, 1.807) is 7.05 Å². The van der Waals surface area contributed by atoms with Crippen molar-refractivity contribution in [1.29, 1.82) is 0 Å². The number of nitrogens with one attached hydrogen (secondary N) is 1. The first kappa shape index (κ1) is 15.3. The van der Waals surface area contributed by atoms with Crippen LogP contribution in [-0.2, 0) is 23.5 Å². The number of rotatable bonds is 5. The van der Waals surface area contributed by atoms with Crippen molar-refractivity contribution in [1.82, 2.24) is 19.5 Å². The van der Waals surface area contributed by atoms with Crippen LogP contribution in [0.5, 0.6) is 0 Å². The number of nitrogens with two attached hydrogens (primary N) is 1. The van der Waals surface area contributed by atoms with Crippen molar-refractivity contribution in [3.05, 3.63) is 35.9 Å². The summed E-state index contributed by atoms with van der Waals surface area (Å²) in [5.41, 5.74) is 5.15. The monoisotopic (exact) mass is 317 g/mol. The van der Waals surface area contributed by atoms with Gasteiger partial charge >= 0.3 is 0 Å². The quantitative estimate of drug-likeness (QED) is 0.767. The highest BCUT2D eigenvalue weighted by atomic mass is 32.2. The molecular weight excluding hydrogens is 304 g/mol. The van der Waals surface area contributed by atoms with E-state index in [-0.39, 0.29) is 18.7 Å². The standard InChI is InChI=1S/C11H13F2N5O2S/c1-18-6-15-10(17-18)2-3-16-21(19,20)9-5-7(14)4-8(12)11(9)13/h4-6,16H,2-3,14H2,1H3. The SMILES string of the molecule is Cn1cnc(CCNS(=O)(=O)c2cc(N)cc(F)c2F)n1. The third-order valence-electron chi connectivity index (χ3n) is 2.59. The van der Waals surface area contributed by atoms with Crippen molar-refractivity contribution >= 4 is 15.7 Å². The molecule has 0 radical (unpaired) electrons. The van der Waals surface area contributed by atoms with Gasteiger partial charge < -0.3 is 5.73 Å². The highest BCUT2D eigenvalue weighted by molar-refractivity contribution is 7.89. The summed E-state index contributed by atoms with van der Waals surface area (Å²) in [6.07, 6.45) is 1.68. The Balaban J connectivity index is 2.12. The van der Waals surface area contributed by atoms with Crippen LogP contribution < -0.4 is 10.5 Å². The van der Waals surface area contributed by atoms with Crippen molar-refractivity contribution in [3.8, 4) is 0 Å². The molecule has 1 aromatic heterocycles. The zero-order valence-corrected chi connectivity index (χ0v) is 11.9. The highest BCUT2D eigenvalue weighted by Gasteiger charge is 2.22. The second kappa shape index (κ2) is 5.74. The number of hydrogen-bond acceptors (Lipinski definition) is 5. The Morgan fingerprint density at radius 3 is 2.71 bits per heavy atom. The van der Waals surface area contributed by atoms with Crippen LogP contribution in [0.2, 0.25) is 0 Å². The van der Waals surface area contributed by atoms with Crippen LogP contribution in [-0.4, -0.2) is 29.7 Å². The molecule has 3 N–H and O–H groups in total. The maximum atomic E-state index is 13.6. The third kappa shape index (κ3) is 3.52. The van der Waals surface area contributed by atoms with Crippen molar-refractivity contribution in [2.75, 3.05) is 12.3 Å². The van der Waals surface area contributed by atoms with Gasteiger partial charge in [0.2, 0.25) is 10.0 Å². The average Bonchev–Trinajstić information content (AvgIpc) is 2.79. The van der Waals surface area contributed by atoms with Crippen LogP contribution in [0.4, 0.5) is 14.5 Å². The van der Waals surface area contributed by atoms with E-state index < -0.39 is 26.6 Å². The normalized spacial score (nSPS) is 11.8. The summed E-state index contributed by atoms with van der Waals surface area (Å²) in [5.74, 6) is -2.35. The van der Waals surface area contributed by atoms with Crippen LogP contribution in [0.1, 0.15) is 5.82 Å².